The van der Waals surface area contributed by atoms with Gasteiger partial charge in [-0.05, 0) is 42.7 Å². The predicted molar refractivity (Wildman–Crippen MR) is 116 cm³/mol. The zero-order valence-corrected chi connectivity index (χ0v) is 18.2. The molecule has 0 saturated carbocycles. The van der Waals surface area contributed by atoms with E-state index in [1.807, 2.05) is 13.8 Å². The second kappa shape index (κ2) is 9.43. The molecule has 1 heterocycles. The van der Waals surface area contributed by atoms with Crippen molar-refractivity contribution in [3.05, 3.63) is 65.7 Å². The smallest absolute Gasteiger partial charge is 0.253 e. The molecule has 2 amide bonds. The summed E-state index contributed by atoms with van der Waals surface area (Å²) in [5, 5.41) is 3.01. The highest BCUT2D eigenvalue weighted by atomic mass is 32.2. The van der Waals surface area contributed by atoms with Gasteiger partial charge in [-0.1, -0.05) is 44.2 Å². The Hall–Kier alpha value is -2.67. The molecule has 1 N–H and O–H groups in total. The lowest BCUT2D eigenvalue weighted by molar-refractivity contribution is -0.125. The maximum atomic E-state index is 12.9. The van der Waals surface area contributed by atoms with Crippen LogP contribution in [0.4, 0.5) is 0 Å². The van der Waals surface area contributed by atoms with Gasteiger partial charge < -0.3 is 10.2 Å². The van der Waals surface area contributed by atoms with Gasteiger partial charge in [0.2, 0.25) is 5.91 Å². The summed E-state index contributed by atoms with van der Waals surface area (Å²) in [6, 6.07) is 15.0. The first-order valence-electron chi connectivity index (χ1n) is 10.2. The second-order valence-corrected chi connectivity index (χ2v) is 10.0. The lowest BCUT2D eigenvalue weighted by Crippen LogP contribution is -2.50. The minimum absolute atomic E-state index is 0.00160. The first-order chi connectivity index (χ1) is 14.3. The summed E-state index contributed by atoms with van der Waals surface area (Å²) < 4.78 is 25.1. The summed E-state index contributed by atoms with van der Waals surface area (Å²) in [5.41, 5.74) is 1.16. The number of nitrogens with one attached hydrogen (secondary N) is 1. The fourth-order valence-electron chi connectivity index (χ4n) is 3.50. The SMILES string of the molecule is CC(C)C(=O)NC1CCCN(C(=O)c2ccc(CS(=O)(=O)c3ccccc3)cc2)C1. The number of hydrogen-bond donors (Lipinski definition) is 1. The van der Waals surface area contributed by atoms with Gasteiger partial charge in [-0.25, -0.2) is 8.42 Å². The molecular weight excluding hydrogens is 400 g/mol. The highest BCUT2D eigenvalue weighted by Crippen LogP contribution is 2.18. The molecular formula is C23H28N2O4S. The van der Waals surface area contributed by atoms with E-state index in [-0.39, 0.29) is 34.4 Å². The van der Waals surface area contributed by atoms with Gasteiger partial charge in [-0.3, -0.25) is 9.59 Å². The van der Waals surface area contributed by atoms with Crippen molar-refractivity contribution in [2.24, 2.45) is 5.92 Å². The molecule has 160 valence electrons. The standard InChI is InChI=1S/C23H28N2O4S/c1-17(2)22(26)24-20-7-6-14-25(15-20)23(27)19-12-10-18(11-13-19)16-30(28,29)21-8-4-3-5-9-21/h3-5,8-13,17,20H,6-7,14-16H2,1-2H3,(H,24,26). The summed E-state index contributed by atoms with van der Waals surface area (Å²) in [5.74, 6) is -0.302. The molecule has 0 aromatic heterocycles. The summed E-state index contributed by atoms with van der Waals surface area (Å²) in [7, 11) is -3.43. The molecule has 2 aromatic rings. The van der Waals surface area contributed by atoms with E-state index in [1.54, 1.807) is 59.5 Å². The third-order valence-corrected chi connectivity index (χ3v) is 6.94. The van der Waals surface area contributed by atoms with Crippen LogP contribution in [0.5, 0.6) is 0 Å². The third kappa shape index (κ3) is 5.48. The van der Waals surface area contributed by atoms with Gasteiger partial charge in [0.05, 0.1) is 10.6 Å². The Morgan fingerprint density at radius 1 is 1.07 bits per heavy atom. The summed E-state index contributed by atoms with van der Waals surface area (Å²) in [4.78, 5) is 26.9. The second-order valence-electron chi connectivity index (χ2n) is 8.02. The molecule has 0 aliphatic carbocycles. The van der Waals surface area contributed by atoms with Gasteiger partial charge in [-0.2, -0.15) is 0 Å². The Labute approximate surface area is 178 Å². The molecule has 1 atom stereocenters. The number of amides is 2. The molecule has 1 unspecified atom stereocenters. The number of carbonyl (C=O) groups is 2. The molecule has 1 aliphatic heterocycles. The number of carbonyl (C=O) groups excluding carboxylic acids is 2. The number of piperidine rings is 1. The lowest BCUT2D eigenvalue weighted by Gasteiger charge is -2.33. The highest BCUT2D eigenvalue weighted by molar-refractivity contribution is 7.90. The van der Waals surface area contributed by atoms with Crippen LogP contribution in [0.1, 0.15) is 42.6 Å². The van der Waals surface area contributed by atoms with Crippen molar-refractivity contribution in [2.75, 3.05) is 13.1 Å². The van der Waals surface area contributed by atoms with Crippen molar-refractivity contribution in [2.45, 2.75) is 43.4 Å². The molecule has 2 aromatic carbocycles. The van der Waals surface area contributed by atoms with E-state index in [0.29, 0.717) is 24.2 Å². The van der Waals surface area contributed by atoms with Crippen molar-refractivity contribution < 1.29 is 18.0 Å². The molecule has 7 heteroatoms. The van der Waals surface area contributed by atoms with Crippen molar-refractivity contribution in [3.63, 3.8) is 0 Å². The largest absolute Gasteiger partial charge is 0.351 e. The Morgan fingerprint density at radius 3 is 2.37 bits per heavy atom. The molecule has 30 heavy (non-hydrogen) atoms. The summed E-state index contributed by atoms with van der Waals surface area (Å²) in [6.07, 6.45) is 1.70. The van der Waals surface area contributed by atoms with Crippen LogP contribution in [0.2, 0.25) is 0 Å². The summed E-state index contributed by atoms with van der Waals surface area (Å²) in [6.45, 7) is 4.83. The van der Waals surface area contributed by atoms with Gasteiger partial charge in [0.1, 0.15) is 0 Å². The summed E-state index contributed by atoms with van der Waals surface area (Å²) >= 11 is 0. The van der Waals surface area contributed by atoms with Crippen molar-refractivity contribution >= 4 is 21.7 Å². The van der Waals surface area contributed by atoms with Gasteiger partial charge in [0.15, 0.2) is 9.84 Å². The Balaban J connectivity index is 1.64. The van der Waals surface area contributed by atoms with Gasteiger partial charge >= 0.3 is 0 Å². The van der Waals surface area contributed by atoms with Crippen LogP contribution in [0, 0.1) is 5.92 Å². The van der Waals surface area contributed by atoms with Crippen LogP contribution >= 0.6 is 0 Å². The van der Waals surface area contributed by atoms with E-state index in [4.69, 9.17) is 0 Å². The monoisotopic (exact) mass is 428 g/mol. The van der Waals surface area contributed by atoms with Crippen LogP contribution in [-0.2, 0) is 20.4 Å². The maximum absolute atomic E-state index is 12.9. The average Bonchev–Trinajstić information content (AvgIpc) is 2.74. The van der Waals surface area contributed by atoms with Gasteiger partial charge in [-0.15, -0.1) is 0 Å². The highest BCUT2D eigenvalue weighted by Gasteiger charge is 2.26. The van der Waals surface area contributed by atoms with E-state index < -0.39 is 9.84 Å². The lowest BCUT2D eigenvalue weighted by atomic mass is 10.0. The number of likely N-dealkylation sites (tertiary alicyclic amines) is 1. The van der Waals surface area contributed by atoms with Crippen LogP contribution < -0.4 is 5.32 Å². The maximum Gasteiger partial charge on any atom is 0.253 e. The third-order valence-electron chi connectivity index (χ3n) is 5.24. The molecule has 0 spiro atoms. The van der Waals surface area contributed by atoms with Crippen LogP contribution in [0.25, 0.3) is 0 Å². The zero-order chi connectivity index (χ0) is 21.7. The minimum atomic E-state index is -3.43. The van der Waals surface area contributed by atoms with Gasteiger partial charge in [0, 0.05) is 30.6 Å². The molecule has 0 radical (unpaired) electrons. The van der Waals surface area contributed by atoms with Gasteiger partial charge in [0.25, 0.3) is 5.91 Å². The van der Waals surface area contributed by atoms with Crippen LogP contribution in [-0.4, -0.2) is 44.3 Å². The van der Waals surface area contributed by atoms with Crippen molar-refractivity contribution in [1.82, 2.24) is 10.2 Å². The average molecular weight is 429 g/mol. The molecule has 1 saturated heterocycles. The molecule has 6 nitrogen and oxygen atoms in total. The Kier molecular flexibility index (Phi) is 6.92. The molecule has 1 aliphatic rings. The van der Waals surface area contributed by atoms with E-state index in [0.717, 1.165) is 12.8 Å². The Bertz CT molecular complexity index is 986. The topological polar surface area (TPSA) is 83.6 Å². The fraction of sp³-hybridized carbons (Fsp3) is 0.391. The minimum Gasteiger partial charge on any atom is -0.351 e. The van der Waals surface area contributed by atoms with E-state index in [9.17, 15) is 18.0 Å². The van der Waals surface area contributed by atoms with Crippen LogP contribution in [0.3, 0.4) is 0 Å². The van der Waals surface area contributed by atoms with E-state index in [1.165, 1.54) is 0 Å². The van der Waals surface area contributed by atoms with Crippen molar-refractivity contribution in [3.8, 4) is 0 Å². The van der Waals surface area contributed by atoms with Crippen LogP contribution in [0.15, 0.2) is 59.5 Å². The molecule has 1 fully saturated rings. The first kappa shape index (κ1) is 22.0. The van der Waals surface area contributed by atoms with E-state index >= 15 is 0 Å². The molecule has 0 bridgehead atoms. The number of sulfone groups is 1. The number of benzene rings is 2. The fourth-order valence-corrected chi connectivity index (χ4v) is 4.87. The quantitative estimate of drug-likeness (QED) is 0.767. The van der Waals surface area contributed by atoms with E-state index in [2.05, 4.69) is 5.32 Å². The first-order valence-corrected chi connectivity index (χ1v) is 11.9. The number of nitrogens with zero attached hydrogens (tertiary/aromatic N) is 1. The Morgan fingerprint density at radius 2 is 1.73 bits per heavy atom. The number of rotatable bonds is 6. The predicted octanol–water partition coefficient (Wildman–Crippen LogP) is 3.04. The number of hydrogen-bond acceptors (Lipinski definition) is 4. The zero-order valence-electron chi connectivity index (χ0n) is 17.4. The van der Waals surface area contributed by atoms with Crippen molar-refractivity contribution in [1.29, 1.82) is 0 Å². The normalized spacial score (nSPS) is 17.0. The molecule has 3 rings (SSSR count).